The van der Waals surface area contributed by atoms with Crippen LogP contribution >= 0.6 is 11.6 Å². The lowest BCUT2D eigenvalue weighted by Crippen LogP contribution is -2.40. The average Bonchev–Trinajstić information content (AvgIpc) is 3.08. The van der Waals surface area contributed by atoms with Crippen LogP contribution in [0.5, 0.6) is 0 Å². The lowest BCUT2D eigenvalue weighted by Gasteiger charge is -2.16. The first-order chi connectivity index (χ1) is 8.49. The molecule has 0 aliphatic heterocycles. The summed E-state index contributed by atoms with van der Waals surface area (Å²) in [5, 5.41) is 3.48. The van der Waals surface area contributed by atoms with Gasteiger partial charge in [-0.3, -0.25) is 4.79 Å². The number of nitrogens with zero attached hydrogens (tertiary/aromatic N) is 1. The van der Waals surface area contributed by atoms with E-state index in [1.54, 1.807) is 6.07 Å². The molecule has 1 heterocycles. The summed E-state index contributed by atoms with van der Waals surface area (Å²) in [6.07, 6.45) is 4.07. The molecule has 100 valence electrons. The molecule has 4 nitrogen and oxygen atoms in total. The van der Waals surface area contributed by atoms with Crippen LogP contribution in [0.4, 0.5) is 0 Å². The minimum Gasteiger partial charge on any atom is -0.349 e. The topological polar surface area (TPSA) is 60.0 Å². The van der Waals surface area contributed by atoms with Crippen LogP contribution in [0.25, 0.3) is 0 Å². The molecular weight excluding hydrogens is 250 g/mol. The van der Waals surface area contributed by atoms with Gasteiger partial charge in [-0.25, -0.2) is 0 Å². The molecule has 5 heteroatoms. The van der Waals surface area contributed by atoms with E-state index in [9.17, 15) is 4.79 Å². The van der Waals surface area contributed by atoms with Crippen LogP contribution in [-0.4, -0.2) is 23.1 Å². The number of rotatable bonds is 5. The van der Waals surface area contributed by atoms with Crippen LogP contribution in [0.2, 0.25) is 5.02 Å². The maximum Gasteiger partial charge on any atom is 0.268 e. The van der Waals surface area contributed by atoms with E-state index in [-0.39, 0.29) is 11.9 Å². The molecule has 0 bridgehead atoms. The van der Waals surface area contributed by atoms with Gasteiger partial charge in [-0.05, 0) is 24.8 Å². The van der Waals surface area contributed by atoms with Crippen molar-refractivity contribution < 1.29 is 4.79 Å². The molecule has 18 heavy (non-hydrogen) atoms. The molecule has 1 amide bonds. The fourth-order valence-corrected chi connectivity index (χ4v) is 2.03. The van der Waals surface area contributed by atoms with E-state index < -0.39 is 0 Å². The van der Waals surface area contributed by atoms with Crippen LogP contribution in [-0.2, 0) is 0 Å². The highest BCUT2D eigenvalue weighted by Crippen LogP contribution is 2.37. The van der Waals surface area contributed by atoms with Crippen LogP contribution in [0.15, 0.2) is 12.3 Å². The molecule has 1 atom stereocenters. The van der Waals surface area contributed by atoms with Crippen LogP contribution in [0.3, 0.4) is 0 Å². The molecule has 1 aromatic heterocycles. The third-order valence-corrected chi connectivity index (χ3v) is 3.55. The van der Waals surface area contributed by atoms with Gasteiger partial charge in [0, 0.05) is 24.8 Å². The zero-order valence-corrected chi connectivity index (χ0v) is 11.6. The van der Waals surface area contributed by atoms with Gasteiger partial charge in [-0.1, -0.05) is 25.4 Å². The first-order valence-corrected chi connectivity index (χ1v) is 6.78. The highest BCUT2D eigenvalue weighted by molar-refractivity contribution is 6.31. The van der Waals surface area contributed by atoms with E-state index in [1.165, 1.54) is 0 Å². The number of nitrogens with two attached hydrogens (primary N) is 1. The Balaban J connectivity index is 2.00. The van der Waals surface area contributed by atoms with Gasteiger partial charge in [-0.2, -0.15) is 0 Å². The smallest absolute Gasteiger partial charge is 0.268 e. The summed E-state index contributed by atoms with van der Waals surface area (Å²) >= 11 is 5.97. The summed E-state index contributed by atoms with van der Waals surface area (Å²) in [7, 11) is 0. The number of carbonyl (C=O) groups is 1. The van der Waals surface area contributed by atoms with Crippen molar-refractivity contribution in [2.75, 3.05) is 6.54 Å². The molecule has 1 saturated carbocycles. The first kappa shape index (κ1) is 13.4. The van der Waals surface area contributed by atoms with Crippen molar-refractivity contribution in [3.05, 3.63) is 23.0 Å². The third kappa shape index (κ3) is 3.06. The van der Waals surface area contributed by atoms with Crippen molar-refractivity contribution in [2.45, 2.75) is 38.8 Å². The molecule has 0 saturated heterocycles. The maximum absolute atomic E-state index is 12.1. The quantitative estimate of drug-likeness (QED) is 0.861. The van der Waals surface area contributed by atoms with E-state index in [0.29, 0.717) is 29.2 Å². The summed E-state index contributed by atoms with van der Waals surface area (Å²) in [6, 6.07) is 2.14. The molecule has 1 aliphatic carbocycles. The Morgan fingerprint density at radius 2 is 2.28 bits per heavy atom. The van der Waals surface area contributed by atoms with Gasteiger partial charge in [0.05, 0.1) is 5.02 Å². The Bertz CT molecular complexity index is 437. The summed E-state index contributed by atoms with van der Waals surface area (Å²) < 4.78 is 1.97. The van der Waals surface area contributed by atoms with Gasteiger partial charge in [-0.15, -0.1) is 0 Å². The molecule has 1 aliphatic rings. The highest BCUT2D eigenvalue weighted by atomic mass is 35.5. The van der Waals surface area contributed by atoms with E-state index in [0.717, 1.165) is 12.8 Å². The second-order valence-electron chi connectivity index (χ2n) is 5.30. The van der Waals surface area contributed by atoms with Crippen molar-refractivity contribution in [1.82, 2.24) is 9.88 Å². The summed E-state index contributed by atoms with van der Waals surface area (Å²) in [6.45, 7) is 4.57. The number of carbonyl (C=O) groups excluding carboxylic acids is 1. The normalized spacial score (nSPS) is 16.9. The Kier molecular flexibility index (Phi) is 3.97. The molecule has 3 N–H and O–H groups in total. The van der Waals surface area contributed by atoms with Gasteiger partial charge in [0.1, 0.15) is 5.69 Å². The molecule has 1 fully saturated rings. The van der Waals surface area contributed by atoms with Gasteiger partial charge in [0.15, 0.2) is 0 Å². The number of amides is 1. The highest BCUT2D eigenvalue weighted by Gasteiger charge is 2.27. The first-order valence-electron chi connectivity index (χ1n) is 6.40. The molecular formula is C13H20ClN3O. The second-order valence-corrected chi connectivity index (χ2v) is 5.74. The molecule has 0 aromatic carbocycles. The molecule has 1 unspecified atom stereocenters. The number of hydrogen-bond donors (Lipinski definition) is 2. The minimum absolute atomic E-state index is 0.0197. The predicted molar refractivity (Wildman–Crippen MR) is 72.9 cm³/mol. The van der Waals surface area contributed by atoms with Crippen molar-refractivity contribution in [3.8, 4) is 0 Å². The Morgan fingerprint density at radius 3 is 2.83 bits per heavy atom. The van der Waals surface area contributed by atoms with E-state index >= 15 is 0 Å². The fraction of sp³-hybridized carbons (Fsp3) is 0.615. The predicted octanol–water partition coefficient (Wildman–Crippen LogP) is 2.19. The molecule has 0 spiro atoms. The van der Waals surface area contributed by atoms with Gasteiger partial charge >= 0.3 is 0 Å². The van der Waals surface area contributed by atoms with Crippen molar-refractivity contribution in [3.63, 3.8) is 0 Å². The standard InChI is InChI=1S/C13H20ClN3O/c1-8(2)11(15)6-16-13(18)12-5-9(14)7-17(12)10-3-4-10/h5,7-8,10-11H,3-4,6,15H2,1-2H3,(H,16,18). The maximum atomic E-state index is 12.1. The van der Waals surface area contributed by atoms with Crippen LogP contribution < -0.4 is 11.1 Å². The monoisotopic (exact) mass is 269 g/mol. The van der Waals surface area contributed by atoms with Gasteiger partial charge < -0.3 is 15.6 Å². The van der Waals surface area contributed by atoms with E-state index in [4.69, 9.17) is 17.3 Å². The van der Waals surface area contributed by atoms with Gasteiger partial charge in [0.2, 0.25) is 0 Å². The zero-order valence-electron chi connectivity index (χ0n) is 10.8. The van der Waals surface area contributed by atoms with Crippen molar-refractivity contribution >= 4 is 17.5 Å². The fourth-order valence-electron chi connectivity index (χ4n) is 1.82. The number of aromatic nitrogens is 1. The number of hydrogen-bond acceptors (Lipinski definition) is 2. The zero-order chi connectivity index (χ0) is 13.3. The van der Waals surface area contributed by atoms with Crippen molar-refractivity contribution in [1.29, 1.82) is 0 Å². The van der Waals surface area contributed by atoms with E-state index in [1.807, 2.05) is 24.6 Å². The summed E-state index contributed by atoms with van der Waals surface area (Å²) in [4.78, 5) is 12.1. The molecule has 0 radical (unpaired) electrons. The number of nitrogens with one attached hydrogen (secondary N) is 1. The summed E-state index contributed by atoms with van der Waals surface area (Å²) in [5.41, 5.74) is 6.55. The third-order valence-electron chi connectivity index (χ3n) is 3.34. The SMILES string of the molecule is CC(C)C(N)CNC(=O)c1cc(Cl)cn1C1CC1. The Hall–Kier alpha value is -1.00. The second kappa shape index (κ2) is 5.33. The van der Waals surface area contributed by atoms with Gasteiger partial charge in [0.25, 0.3) is 5.91 Å². The molecule has 1 aromatic rings. The van der Waals surface area contributed by atoms with Crippen molar-refractivity contribution in [2.24, 2.45) is 11.7 Å². The minimum atomic E-state index is -0.0927. The van der Waals surface area contributed by atoms with Crippen LogP contribution in [0.1, 0.15) is 43.2 Å². The number of halogens is 1. The largest absolute Gasteiger partial charge is 0.349 e. The summed E-state index contributed by atoms with van der Waals surface area (Å²) in [5.74, 6) is 0.258. The molecule has 2 rings (SSSR count). The Labute approximate surface area is 112 Å². The lowest BCUT2D eigenvalue weighted by atomic mass is 10.1. The van der Waals surface area contributed by atoms with E-state index in [2.05, 4.69) is 5.32 Å². The average molecular weight is 270 g/mol. The van der Waals surface area contributed by atoms with Crippen LogP contribution in [0, 0.1) is 5.92 Å². The lowest BCUT2D eigenvalue weighted by molar-refractivity contribution is 0.0939. The Morgan fingerprint density at radius 1 is 1.61 bits per heavy atom.